The highest BCUT2D eigenvalue weighted by atomic mass is 35.5. The van der Waals surface area contributed by atoms with Gasteiger partial charge in [0.1, 0.15) is 5.76 Å². The first-order chi connectivity index (χ1) is 17.0. The molecule has 0 aliphatic carbocycles. The highest BCUT2D eigenvalue weighted by Crippen LogP contribution is 2.31. The van der Waals surface area contributed by atoms with Crippen molar-refractivity contribution in [1.82, 2.24) is 4.90 Å². The van der Waals surface area contributed by atoms with E-state index in [0.717, 1.165) is 11.3 Å². The average Bonchev–Trinajstić information content (AvgIpc) is 3.57. The minimum Gasteiger partial charge on any atom is -0.459 e. The summed E-state index contributed by atoms with van der Waals surface area (Å²) < 4.78 is 10.9. The zero-order chi connectivity index (χ0) is 24.4. The maximum atomic E-state index is 12.7. The van der Waals surface area contributed by atoms with Crippen molar-refractivity contribution in [2.45, 2.75) is 0 Å². The summed E-state index contributed by atoms with van der Waals surface area (Å²) in [6, 6.07) is 19.3. The number of hydrogen-bond donors (Lipinski definition) is 1. The van der Waals surface area contributed by atoms with Gasteiger partial charge in [0.15, 0.2) is 11.5 Å². The van der Waals surface area contributed by atoms with Crippen molar-refractivity contribution < 1.29 is 18.4 Å². The number of amides is 2. The molecule has 5 rings (SSSR count). The molecule has 0 radical (unpaired) electrons. The van der Waals surface area contributed by atoms with E-state index in [4.69, 9.17) is 32.0 Å². The predicted molar refractivity (Wildman–Crippen MR) is 135 cm³/mol. The lowest BCUT2D eigenvalue weighted by molar-refractivity contribution is 0.0714. The maximum Gasteiger partial charge on any atom is 0.291 e. The van der Waals surface area contributed by atoms with Crippen molar-refractivity contribution in [3.8, 4) is 11.3 Å². The zero-order valence-corrected chi connectivity index (χ0v) is 20.1. The smallest absolute Gasteiger partial charge is 0.291 e. The normalized spacial score (nSPS) is 13.7. The van der Waals surface area contributed by atoms with E-state index in [1.165, 1.54) is 6.26 Å². The summed E-state index contributed by atoms with van der Waals surface area (Å²) in [5.41, 5.74) is 2.18. The standard InChI is InChI=1S/C26H21Cl2N3O4/c27-18-4-1-3-17(15-18)22-8-9-23(35-22)25(32)29-19-6-7-21(20(28)16-19)30-10-12-31(13-11-30)26(33)24-5-2-14-34-24/h1-9,14-16H,10-13H2,(H,29,32). The second-order valence-corrected chi connectivity index (χ2v) is 8.89. The molecule has 2 aromatic heterocycles. The molecule has 0 saturated carbocycles. The van der Waals surface area contributed by atoms with Crippen LogP contribution in [0, 0.1) is 0 Å². The number of halogens is 2. The minimum absolute atomic E-state index is 0.116. The van der Waals surface area contributed by atoms with Crippen LogP contribution >= 0.6 is 23.2 Å². The van der Waals surface area contributed by atoms with Crippen LogP contribution in [0.3, 0.4) is 0 Å². The van der Waals surface area contributed by atoms with Crippen molar-refractivity contribution in [2.75, 3.05) is 36.4 Å². The van der Waals surface area contributed by atoms with E-state index >= 15 is 0 Å². The fourth-order valence-corrected chi connectivity index (χ4v) is 4.49. The Hall–Kier alpha value is -3.68. The number of nitrogens with one attached hydrogen (secondary N) is 1. The molecule has 0 unspecified atom stereocenters. The number of furan rings is 2. The molecule has 0 atom stereocenters. The van der Waals surface area contributed by atoms with Crippen LogP contribution in [0.4, 0.5) is 11.4 Å². The van der Waals surface area contributed by atoms with E-state index in [1.54, 1.807) is 53.4 Å². The van der Waals surface area contributed by atoms with E-state index < -0.39 is 0 Å². The summed E-state index contributed by atoms with van der Waals surface area (Å²) in [6.07, 6.45) is 1.49. The Morgan fingerprint density at radius 1 is 0.857 bits per heavy atom. The highest BCUT2D eigenvalue weighted by Gasteiger charge is 2.25. The van der Waals surface area contributed by atoms with Gasteiger partial charge < -0.3 is 24.0 Å². The number of rotatable bonds is 5. The SMILES string of the molecule is O=C(Nc1ccc(N2CCN(C(=O)c3ccco3)CC2)c(Cl)c1)c1ccc(-c2cccc(Cl)c2)o1. The third-order valence-corrected chi connectivity index (χ3v) is 6.32. The van der Waals surface area contributed by atoms with Crippen LogP contribution in [0.1, 0.15) is 21.1 Å². The van der Waals surface area contributed by atoms with Crippen molar-refractivity contribution >= 4 is 46.4 Å². The number of hydrogen-bond acceptors (Lipinski definition) is 5. The van der Waals surface area contributed by atoms with Gasteiger partial charge in [0.2, 0.25) is 0 Å². The van der Waals surface area contributed by atoms with Gasteiger partial charge in [0.25, 0.3) is 11.8 Å². The Bertz CT molecular complexity index is 1360. The number of anilines is 2. The van der Waals surface area contributed by atoms with E-state index in [2.05, 4.69) is 10.2 Å². The molecule has 1 fully saturated rings. The average molecular weight is 510 g/mol. The second kappa shape index (κ2) is 9.90. The zero-order valence-electron chi connectivity index (χ0n) is 18.5. The topological polar surface area (TPSA) is 78.9 Å². The Morgan fingerprint density at radius 2 is 1.69 bits per heavy atom. The largest absolute Gasteiger partial charge is 0.459 e. The monoisotopic (exact) mass is 509 g/mol. The molecular formula is C26H21Cl2N3O4. The number of carbonyl (C=O) groups is 2. The van der Waals surface area contributed by atoms with Gasteiger partial charge in [-0.15, -0.1) is 0 Å². The Balaban J connectivity index is 1.21. The number of nitrogens with zero attached hydrogens (tertiary/aromatic N) is 2. The first-order valence-corrected chi connectivity index (χ1v) is 11.8. The third-order valence-electron chi connectivity index (χ3n) is 5.78. The molecule has 1 saturated heterocycles. The van der Waals surface area contributed by atoms with Crippen LogP contribution in [0.2, 0.25) is 10.0 Å². The third kappa shape index (κ3) is 5.06. The second-order valence-electron chi connectivity index (χ2n) is 8.05. The lowest BCUT2D eigenvalue weighted by atomic mass is 10.2. The lowest BCUT2D eigenvalue weighted by Gasteiger charge is -2.36. The van der Waals surface area contributed by atoms with Gasteiger partial charge >= 0.3 is 0 Å². The molecule has 35 heavy (non-hydrogen) atoms. The fraction of sp³-hybridized carbons (Fsp3) is 0.154. The number of benzene rings is 2. The molecule has 178 valence electrons. The molecule has 2 aromatic carbocycles. The minimum atomic E-state index is -0.382. The molecule has 2 amide bonds. The van der Waals surface area contributed by atoms with Gasteiger partial charge in [-0.2, -0.15) is 0 Å². The summed E-state index contributed by atoms with van der Waals surface area (Å²) in [7, 11) is 0. The summed E-state index contributed by atoms with van der Waals surface area (Å²) in [5, 5.41) is 3.91. The van der Waals surface area contributed by atoms with Crippen LogP contribution in [-0.4, -0.2) is 42.9 Å². The van der Waals surface area contributed by atoms with E-state index in [-0.39, 0.29) is 17.6 Å². The molecule has 3 heterocycles. The summed E-state index contributed by atoms with van der Waals surface area (Å²) in [5.74, 6) is 0.573. The van der Waals surface area contributed by atoms with Gasteiger partial charge in [-0.1, -0.05) is 35.3 Å². The first kappa shape index (κ1) is 23.1. The Labute approximate surface area is 211 Å². The van der Waals surface area contributed by atoms with Crippen molar-refractivity contribution in [3.63, 3.8) is 0 Å². The number of carbonyl (C=O) groups excluding carboxylic acids is 2. The molecule has 7 nitrogen and oxygen atoms in total. The molecule has 4 aromatic rings. The first-order valence-electron chi connectivity index (χ1n) is 11.0. The molecular weight excluding hydrogens is 489 g/mol. The molecule has 1 aliphatic heterocycles. The summed E-state index contributed by atoms with van der Waals surface area (Å²) in [4.78, 5) is 29.0. The van der Waals surface area contributed by atoms with Gasteiger partial charge in [0, 0.05) is 42.5 Å². The van der Waals surface area contributed by atoms with E-state index in [1.807, 2.05) is 18.2 Å². The van der Waals surface area contributed by atoms with Gasteiger partial charge in [-0.25, -0.2) is 0 Å². The summed E-state index contributed by atoms with van der Waals surface area (Å²) in [6.45, 7) is 2.39. The van der Waals surface area contributed by atoms with Crippen LogP contribution in [-0.2, 0) is 0 Å². The van der Waals surface area contributed by atoms with Crippen LogP contribution in [0.25, 0.3) is 11.3 Å². The van der Waals surface area contributed by atoms with Crippen molar-refractivity contribution in [1.29, 1.82) is 0 Å². The highest BCUT2D eigenvalue weighted by molar-refractivity contribution is 6.33. The number of piperazine rings is 1. The Morgan fingerprint density at radius 3 is 2.40 bits per heavy atom. The molecule has 0 spiro atoms. The fourth-order valence-electron chi connectivity index (χ4n) is 4.00. The van der Waals surface area contributed by atoms with Gasteiger partial charge in [-0.3, -0.25) is 9.59 Å². The molecule has 1 aliphatic rings. The van der Waals surface area contributed by atoms with Gasteiger partial charge in [-0.05, 0) is 54.6 Å². The van der Waals surface area contributed by atoms with Crippen LogP contribution < -0.4 is 10.2 Å². The van der Waals surface area contributed by atoms with E-state index in [0.29, 0.717) is 53.4 Å². The quantitative estimate of drug-likeness (QED) is 0.353. The molecule has 1 N–H and O–H groups in total. The Kier molecular flexibility index (Phi) is 6.53. The van der Waals surface area contributed by atoms with Crippen molar-refractivity contribution in [2.24, 2.45) is 0 Å². The van der Waals surface area contributed by atoms with Gasteiger partial charge in [0.05, 0.1) is 17.0 Å². The van der Waals surface area contributed by atoms with Crippen molar-refractivity contribution in [3.05, 3.63) is 94.6 Å². The van der Waals surface area contributed by atoms with E-state index in [9.17, 15) is 9.59 Å². The maximum absolute atomic E-state index is 12.7. The molecule has 0 bridgehead atoms. The lowest BCUT2D eigenvalue weighted by Crippen LogP contribution is -2.48. The predicted octanol–water partition coefficient (Wildman–Crippen LogP) is 6.06. The summed E-state index contributed by atoms with van der Waals surface area (Å²) >= 11 is 12.6. The molecule has 9 heteroatoms. The van der Waals surface area contributed by atoms with Crippen LogP contribution in [0.5, 0.6) is 0 Å². The van der Waals surface area contributed by atoms with Crippen LogP contribution in [0.15, 0.2) is 81.8 Å².